The molecule has 0 aliphatic carbocycles. The minimum atomic E-state index is -0.289. The minimum Gasteiger partial charge on any atom is -0.497 e. The number of hydrogen-bond donors (Lipinski definition) is 2. The molecule has 9 nitrogen and oxygen atoms in total. The van der Waals surface area contributed by atoms with Gasteiger partial charge in [-0.2, -0.15) is 5.10 Å². The molecule has 1 aromatic carbocycles. The predicted octanol–water partition coefficient (Wildman–Crippen LogP) is 1.43. The molecule has 2 fully saturated rings. The molecule has 9 heteroatoms. The molecule has 1 atom stereocenters. The first-order valence-corrected chi connectivity index (χ1v) is 8.78. The number of aromatic amines is 1. The number of nitrogens with one attached hydrogen (secondary N) is 2. The quantitative estimate of drug-likeness (QED) is 0.847. The largest absolute Gasteiger partial charge is 0.497 e. The van der Waals surface area contributed by atoms with Gasteiger partial charge in [-0.25, -0.2) is 9.59 Å². The van der Waals surface area contributed by atoms with Gasteiger partial charge in [0.1, 0.15) is 12.4 Å². The molecule has 0 saturated carbocycles. The van der Waals surface area contributed by atoms with E-state index in [9.17, 15) is 9.59 Å². The number of amides is 3. The zero-order chi connectivity index (χ0) is 18.8. The highest BCUT2D eigenvalue weighted by Crippen LogP contribution is 2.24. The van der Waals surface area contributed by atoms with Gasteiger partial charge in [0.25, 0.3) is 0 Å². The Hall–Kier alpha value is -3.23. The molecule has 0 radical (unpaired) electrons. The van der Waals surface area contributed by atoms with Crippen LogP contribution in [-0.4, -0.2) is 71.5 Å². The zero-order valence-electron chi connectivity index (χ0n) is 15.0. The van der Waals surface area contributed by atoms with Crippen LogP contribution in [0.15, 0.2) is 30.5 Å². The number of ether oxygens (including phenoxy) is 2. The number of aromatic nitrogens is 2. The number of piperazine rings is 1. The lowest BCUT2D eigenvalue weighted by Crippen LogP contribution is -2.55. The number of rotatable bonds is 4. The van der Waals surface area contributed by atoms with Crippen molar-refractivity contribution in [3.8, 4) is 17.0 Å². The van der Waals surface area contributed by atoms with Crippen LogP contribution >= 0.6 is 0 Å². The van der Waals surface area contributed by atoms with Crippen molar-refractivity contribution < 1.29 is 19.1 Å². The van der Waals surface area contributed by atoms with Gasteiger partial charge in [-0.05, 0) is 24.3 Å². The van der Waals surface area contributed by atoms with Crippen molar-refractivity contribution in [3.63, 3.8) is 0 Å². The second kappa shape index (κ2) is 7.18. The molecule has 2 N–H and O–H groups in total. The number of carbonyl (C=O) groups is 2. The fourth-order valence-electron chi connectivity index (χ4n) is 3.41. The van der Waals surface area contributed by atoms with E-state index in [4.69, 9.17) is 9.47 Å². The van der Waals surface area contributed by atoms with Crippen molar-refractivity contribution in [1.82, 2.24) is 25.3 Å². The highest BCUT2D eigenvalue weighted by atomic mass is 16.6. The zero-order valence-corrected chi connectivity index (χ0v) is 15.0. The number of H-pyrrole nitrogens is 1. The summed E-state index contributed by atoms with van der Waals surface area (Å²) in [7, 11) is 1.62. The van der Waals surface area contributed by atoms with Crippen molar-refractivity contribution in [2.75, 3.05) is 33.4 Å². The summed E-state index contributed by atoms with van der Waals surface area (Å²) in [6.45, 7) is 2.17. The van der Waals surface area contributed by atoms with Gasteiger partial charge in [0, 0.05) is 37.3 Å². The van der Waals surface area contributed by atoms with E-state index in [1.54, 1.807) is 23.1 Å². The van der Waals surface area contributed by atoms with Gasteiger partial charge in [-0.3, -0.25) is 10.00 Å². The molecule has 2 aliphatic heterocycles. The maximum Gasteiger partial charge on any atom is 0.410 e. The maximum absolute atomic E-state index is 12.5. The highest BCUT2D eigenvalue weighted by Gasteiger charge is 2.38. The van der Waals surface area contributed by atoms with Gasteiger partial charge in [0.2, 0.25) is 0 Å². The van der Waals surface area contributed by atoms with E-state index in [-0.39, 0.29) is 18.2 Å². The molecular formula is C18H21N5O4. The van der Waals surface area contributed by atoms with Crippen molar-refractivity contribution >= 4 is 12.1 Å². The molecule has 3 amide bonds. The molecule has 3 heterocycles. The number of hydrogen-bond acceptors (Lipinski definition) is 5. The van der Waals surface area contributed by atoms with E-state index in [0.717, 1.165) is 22.6 Å². The Balaban J connectivity index is 1.37. The Bertz CT molecular complexity index is 835. The van der Waals surface area contributed by atoms with Crippen LogP contribution in [0.4, 0.5) is 9.59 Å². The monoisotopic (exact) mass is 371 g/mol. The van der Waals surface area contributed by atoms with Crippen molar-refractivity contribution in [2.45, 2.75) is 12.6 Å². The first kappa shape index (κ1) is 17.2. The van der Waals surface area contributed by atoms with E-state index in [0.29, 0.717) is 32.8 Å². The van der Waals surface area contributed by atoms with Crippen LogP contribution in [0.25, 0.3) is 11.3 Å². The van der Waals surface area contributed by atoms with E-state index in [2.05, 4.69) is 15.5 Å². The van der Waals surface area contributed by atoms with E-state index >= 15 is 0 Å². The highest BCUT2D eigenvalue weighted by molar-refractivity contribution is 5.76. The Kier molecular flexibility index (Phi) is 4.57. The van der Waals surface area contributed by atoms with Gasteiger partial charge in [-0.1, -0.05) is 0 Å². The molecule has 0 spiro atoms. The number of cyclic esters (lactones) is 1. The van der Waals surface area contributed by atoms with Crippen LogP contribution in [0.5, 0.6) is 5.75 Å². The van der Waals surface area contributed by atoms with E-state index in [1.807, 2.05) is 24.3 Å². The number of benzene rings is 1. The predicted molar refractivity (Wildman–Crippen MR) is 96.2 cm³/mol. The smallest absolute Gasteiger partial charge is 0.410 e. The maximum atomic E-state index is 12.5. The molecule has 2 aromatic rings. The summed E-state index contributed by atoms with van der Waals surface area (Å²) < 4.78 is 10.2. The molecule has 1 aromatic heterocycles. The summed E-state index contributed by atoms with van der Waals surface area (Å²) in [5, 5.41) is 10.0. The summed E-state index contributed by atoms with van der Waals surface area (Å²) in [6.07, 6.45) is 1.42. The third-order valence-corrected chi connectivity index (χ3v) is 4.93. The van der Waals surface area contributed by atoms with Crippen molar-refractivity contribution in [1.29, 1.82) is 0 Å². The molecule has 142 valence electrons. The second-order valence-electron chi connectivity index (χ2n) is 6.53. The van der Waals surface area contributed by atoms with Crippen LogP contribution in [0, 0.1) is 0 Å². The molecule has 0 bridgehead atoms. The first-order chi connectivity index (χ1) is 13.2. The average Bonchev–Trinajstić information content (AvgIpc) is 3.32. The number of nitrogens with zero attached hydrogens (tertiary/aromatic N) is 3. The van der Waals surface area contributed by atoms with E-state index in [1.165, 1.54) is 0 Å². The molecular weight excluding hydrogens is 350 g/mol. The summed E-state index contributed by atoms with van der Waals surface area (Å²) in [5.41, 5.74) is 2.72. The topological polar surface area (TPSA) is 99.8 Å². The lowest BCUT2D eigenvalue weighted by atomic mass is 10.1. The average molecular weight is 371 g/mol. The number of urea groups is 1. The Morgan fingerprint density at radius 2 is 2.19 bits per heavy atom. The van der Waals surface area contributed by atoms with E-state index < -0.39 is 0 Å². The van der Waals surface area contributed by atoms with Crippen LogP contribution < -0.4 is 10.1 Å². The third kappa shape index (κ3) is 3.40. The Morgan fingerprint density at radius 1 is 1.37 bits per heavy atom. The lowest BCUT2D eigenvalue weighted by Gasteiger charge is -2.35. The van der Waals surface area contributed by atoms with Crippen LogP contribution in [0.3, 0.4) is 0 Å². The lowest BCUT2D eigenvalue weighted by molar-refractivity contribution is 0.127. The number of methoxy groups -OCH3 is 1. The second-order valence-corrected chi connectivity index (χ2v) is 6.53. The van der Waals surface area contributed by atoms with Crippen molar-refractivity contribution in [2.24, 2.45) is 0 Å². The summed E-state index contributed by atoms with van der Waals surface area (Å²) in [5.74, 6) is 0.779. The fraction of sp³-hybridized carbons (Fsp3) is 0.389. The Labute approximate surface area is 156 Å². The SMILES string of the molecule is COc1ccc(-c2[nH]ncc2CNC(=O)N2CCN3C(=O)OCC3C2)cc1. The molecule has 27 heavy (non-hydrogen) atoms. The fourth-order valence-corrected chi connectivity index (χ4v) is 3.41. The summed E-state index contributed by atoms with van der Waals surface area (Å²) >= 11 is 0. The minimum absolute atomic E-state index is 0.0548. The van der Waals surface area contributed by atoms with Gasteiger partial charge >= 0.3 is 12.1 Å². The Morgan fingerprint density at radius 3 is 2.96 bits per heavy atom. The van der Waals surface area contributed by atoms with Gasteiger partial charge in [0.15, 0.2) is 0 Å². The van der Waals surface area contributed by atoms with Gasteiger partial charge < -0.3 is 19.7 Å². The van der Waals surface area contributed by atoms with Gasteiger partial charge in [-0.15, -0.1) is 0 Å². The molecule has 1 unspecified atom stereocenters. The van der Waals surface area contributed by atoms with Crippen LogP contribution in [0.2, 0.25) is 0 Å². The number of fused-ring (bicyclic) bond motifs is 1. The standard InChI is InChI=1S/C18H21N5O4/c1-26-15-4-2-12(3-5-15)16-13(9-20-21-16)8-19-17(24)22-6-7-23-14(10-22)11-27-18(23)25/h2-5,9,14H,6-8,10-11H2,1H3,(H,19,24)(H,20,21). The van der Waals surface area contributed by atoms with Crippen LogP contribution in [0.1, 0.15) is 5.56 Å². The normalized spacial score (nSPS) is 18.9. The number of carbonyl (C=O) groups excluding carboxylic acids is 2. The molecule has 4 rings (SSSR count). The van der Waals surface area contributed by atoms with Crippen molar-refractivity contribution in [3.05, 3.63) is 36.0 Å². The molecule has 2 saturated heterocycles. The third-order valence-electron chi connectivity index (χ3n) is 4.93. The summed E-state index contributed by atoms with van der Waals surface area (Å²) in [6, 6.07) is 7.42. The first-order valence-electron chi connectivity index (χ1n) is 8.78. The summed E-state index contributed by atoms with van der Waals surface area (Å²) in [4.78, 5) is 27.5. The molecule has 2 aliphatic rings. The van der Waals surface area contributed by atoms with Crippen LogP contribution in [-0.2, 0) is 11.3 Å². The van der Waals surface area contributed by atoms with Gasteiger partial charge in [0.05, 0.1) is 25.0 Å².